The molecule has 1 fully saturated rings. The highest BCUT2D eigenvalue weighted by Gasteiger charge is 2.40. The van der Waals surface area contributed by atoms with Crippen molar-refractivity contribution < 1.29 is 27.8 Å². The molecule has 0 amide bonds. The van der Waals surface area contributed by atoms with Gasteiger partial charge in [0.15, 0.2) is 0 Å². The molecule has 1 aliphatic rings. The summed E-state index contributed by atoms with van der Waals surface area (Å²) in [6.07, 6.45) is -4.16. The first-order valence-corrected chi connectivity index (χ1v) is 4.55. The Morgan fingerprint density at radius 1 is 1.53 bits per heavy atom. The molecule has 0 radical (unpaired) electrons. The molecule has 7 heteroatoms. The maximum absolute atomic E-state index is 12.3. The molecule has 1 rings (SSSR count). The Hall–Kier alpha value is -0.820. The number of ether oxygens (including phenoxy) is 1. The predicted molar refractivity (Wildman–Crippen MR) is 44.2 cm³/mol. The Kier molecular flexibility index (Phi) is 3.92. The highest BCUT2D eigenvalue weighted by Crippen LogP contribution is 2.26. The molecule has 0 aliphatic carbocycles. The largest absolute Gasteiger partial charge is 0.480 e. The summed E-state index contributed by atoms with van der Waals surface area (Å²) >= 11 is 0. The van der Waals surface area contributed by atoms with E-state index in [4.69, 9.17) is 9.84 Å². The molecule has 1 saturated heterocycles. The molecule has 1 heterocycles. The number of alkyl halides is 3. The summed E-state index contributed by atoms with van der Waals surface area (Å²) in [5.41, 5.74) is 0. The lowest BCUT2D eigenvalue weighted by Crippen LogP contribution is -2.47. The van der Waals surface area contributed by atoms with Gasteiger partial charge >= 0.3 is 12.3 Å². The number of hydrogen-bond acceptors (Lipinski definition) is 3. The Bertz CT molecular complexity index is 232. The van der Waals surface area contributed by atoms with Crippen LogP contribution < -0.4 is 0 Å². The van der Waals surface area contributed by atoms with E-state index in [2.05, 4.69) is 0 Å². The number of carbonyl (C=O) groups is 1. The third kappa shape index (κ3) is 4.05. The number of aliphatic carboxylic acids is 1. The molecule has 88 valence electrons. The number of carboxylic acids is 1. The standard InChI is InChI=1S/C8H12F3NO3/c9-8(10,11)12-3-1-2-6(4-12)15-5-7(13)14/h6H,1-5H2,(H,13,14)/t6-/m1/s1. The van der Waals surface area contributed by atoms with Crippen molar-refractivity contribution in [2.75, 3.05) is 19.7 Å². The van der Waals surface area contributed by atoms with Gasteiger partial charge in [0.05, 0.1) is 6.10 Å². The van der Waals surface area contributed by atoms with Gasteiger partial charge in [-0.25, -0.2) is 9.69 Å². The molecule has 1 N–H and O–H groups in total. The van der Waals surface area contributed by atoms with E-state index in [0.29, 0.717) is 17.7 Å². The minimum atomic E-state index is -4.36. The summed E-state index contributed by atoms with van der Waals surface area (Å²) in [6, 6.07) is 0. The lowest BCUT2D eigenvalue weighted by Gasteiger charge is -2.33. The van der Waals surface area contributed by atoms with Gasteiger partial charge in [-0.1, -0.05) is 0 Å². The number of nitrogens with zero attached hydrogens (tertiary/aromatic N) is 1. The molecule has 0 spiro atoms. The van der Waals surface area contributed by atoms with Gasteiger partial charge in [0, 0.05) is 13.1 Å². The third-order valence-electron chi connectivity index (χ3n) is 2.18. The number of carboxylic acid groups (broad SMARTS) is 1. The average molecular weight is 227 g/mol. The first-order valence-electron chi connectivity index (χ1n) is 4.55. The average Bonchev–Trinajstić information content (AvgIpc) is 2.14. The molecule has 0 bridgehead atoms. The van der Waals surface area contributed by atoms with Gasteiger partial charge in [0.2, 0.25) is 0 Å². The molecule has 1 aliphatic heterocycles. The quantitative estimate of drug-likeness (QED) is 0.733. The number of piperidine rings is 1. The van der Waals surface area contributed by atoms with Gasteiger partial charge in [-0.3, -0.25) is 0 Å². The molecule has 4 nitrogen and oxygen atoms in total. The fourth-order valence-corrected chi connectivity index (χ4v) is 1.49. The van der Waals surface area contributed by atoms with Crippen LogP contribution >= 0.6 is 0 Å². The molecule has 0 unspecified atom stereocenters. The van der Waals surface area contributed by atoms with Crippen LogP contribution in [0.25, 0.3) is 0 Å². The summed E-state index contributed by atoms with van der Waals surface area (Å²) < 4.78 is 41.6. The van der Waals surface area contributed by atoms with Gasteiger partial charge in [-0.05, 0) is 12.8 Å². The minimum Gasteiger partial charge on any atom is -0.480 e. The maximum atomic E-state index is 12.3. The summed E-state index contributed by atoms with van der Waals surface area (Å²) in [6.45, 7) is -0.871. The van der Waals surface area contributed by atoms with E-state index in [1.165, 1.54) is 0 Å². The molecule has 0 aromatic carbocycles. The zero-order valence-corrected chi connectivity index (χ0v) is 7.96. The van der Waals surface area contributed by atoms with E-state index in [1.54, 1.807) is 0 Å². The second-order valence-electron chi connectivity index (χ2n) is 3.38. The zero-order valence-electron chi connectivity index (χ0n) is 7.96. The second kappa shape index (κ2) is 4.80. The molecule has 0 aromatic heterocycles. The Morgan fingerprint density at radius 2 is 2.20 bits per heavy atom. The van der Waals surface area contributed by atoms with E-state index in [-0.39, 0.29) is 13.1 Å². The molecule has 1 atom stereocenters. The topological polar surface area (TPSA) is 49.8 Å². The van der Waals surface area contributed by atoms with Crippen LogP contribution in [0.2, 0.25) is 0 Å². The van der Waals surface area contributed by atoms with Gasteiger partial charge in [-0.15, -0.1) is 0 Å². The molecule has 15 heavy (non-hydrogen) atoms. The lowest BCUT2D eigenvalue weighted by atomic mass is 10.1. The summed E-state index contributed by atoms with van der Waals surface area (Å²) in [7, 11) is 0. The van der Waals surface area contributed by atoms with Crippen molar-refractivity contribution >= 4 is 5.97 Å². The van der Waals surface area contributed by atoms with Crippen molar-refractivity contribution in [3.63, 3.8) is 0 Å². The van der Waals surface area contributed by atoms with E-state index in [1.807, 2.05) is 0 Å². The van der Waals surface area contributed by atoms with Crippen molar-refractivity contribution in [3.8, 4) is 0 Å². The lowest BCUT2D eigenvalue weighted by molar-refractivity contribution is -0.258. The van der Waals surface area contributed by atoms with Crippen molar-refractivity contribution in [1.82, 2.24) is 4.90 Å². The Morgan fingerprint density at radius 3 is 2.73 bits per heavy atom. The van der Waals surface area contributed by atoms with Crippen LogP contribution in [-0.2, 0) is 9.53 Å². The number of likely N-dealkylation sites (tertiary alicyclic amines) is 1. The van der Waals surface area contributed by atoms with E-state index in [0.717, 1.165) is 0 Å². The number of halogens is 3. The van der Waals surface area contributed by atoms with E-state index < -0.39 is 25.0 Å². The molecular formula is C8H12F3NO3. The van der Waals surface area contributed by atoms with Crippen molar-refractivity contribution in [1.29, 1.82) is 0 Å². The minimum absolute atomic E-state index is 0.0452. The van der Waals surface area contributed by atoms with Crippen molar-refractivity contribution in [2.45, 2.75) is 25.2 Å². The Balaban J connectivity index is 2.39. The van der Waals surface area contributed by atoms with Gasteiger partial charge in [-0.2, -0.15) is 13.2 Å². The van der Waals surface area contributed by atoms with Crippen molar-refractivity contribution in [2.24, 2.45) is 0 Å². The molecule has 0 aromatic rings. The fourth-order valence-electron chi connectivity index (χ4n) is 1.49. The first-order chi connectivity index (χ1) is 6.89. The van der Waals surface area contributed by atoms with Crippen LogP contribution in [0, 0.1) is 0 Å². The highest BCUT2D eigenvalue weighted by atomic mass is 19.4. The predicted octanol–water partition coefficient (Wildman–Crippen LogP) is 1.07. The van der Waals surface area contributed by atoms with Crippen molar-refractivity contribution in [3.05, 3.63) is 0 Å². The molecule has 0 saturated carbocycles. The maximum Gasteiger partial charge on any atom is 0.460 e. The zero-order chi connectivity index (χ0) is 11.5. The van der Waals surface area contributed by atoms with E-state index >= 15 is 0 Å². The van der Waals surface area contributed by atoms with Crippen LogP contribution in [0.4, 0.5) is 13.2 Å². The van der Waals surface area contributed by atoms with Crippen LogP contribution in [0.1, 0.15) is 12.8 Å². The second-order valence-corrected chi connectivity index (χ2v) is 3.38. The Labute approximate surface area is 84.6 Å². The van der Waals surface area contributed by atoms with Gasteiger partial charge in [0.25, 0.3) is 0 Å². The van der Waals surface area contributed by atoms with E-state index in [9.17, 15) is 18.0 Å². The summed E-state index contributed by atoms with van der Waals surface area (Å²) in [5, 5.41) is 8.31. The van der Waals surface area contributed by atoms with Crippen LogP contribution in [0.5, 0.6) is 0 Å². The SMILES string of the molecule is O=C(O)CO[C@@H]1CCCN(C(F)(F)F)C1. The van der Waals surface area contributed by atoms with Gasteiger partial charge < -0.3 is 9.84 Å². The van der Waals surface area contributed by atoms with Gasteiger partial charge in [0.1, 0.15) is 6.61 Å². The number of rotatable bonds is 3. The fraction of sp³-hybridized carbons (Fsp3) is 0.875. The molecular weight excluding hydrogens is 215 g/mol. The summed E-state index contributed by atoms with van der Waals surface area (Å²) in [5.74, 6) is -1.17. The normalized spacial score (nSPS) is 24.1. The smallest absolute Gasteiger partial charge is 0.460 e. The van der Waals surface area contributed by atoms with Crippen LogP contribution in [-0.4, -0.2) is 48.1 Å². The first kappa shape index (κ1) is 12.3. The van der Waals surface area contributed by atoms with Crippen LogP contribution in [0.15, 0.2) is 0 Å². The van der Waals surface area contributed by atoms with Crippen LogP contribution in [0.3, 0.4) is 0 Å². The monoisotopic (exact) mass is 227 g/mol. The summed E-state index contributed by atoms with van der Waals surface area (Å²) in [4.78, 5) is 10.5. The third-order valence-corrected chi connectivity index (χ3v) is 2.18. The highest BCUT2D eigenvalue weighted by molar-refractivity contribution is 5.68. The number of hydrogen-bond donors (Lipinski definition) is 1.